The third-order valence-electron chi connectivity index (χ3n) is 3.97. The summed E-state index contributed by atoms with van der Waals surface area (Å²) in [6.07, 6.45) is 0.759. The van der Waals surface area contributed by atoms with E-state index in [9.17, 15) is 5.11 Å². The van der Waals surface area contributed by atoms with Crippen LogP contribution in [0.5, 0.6) is 5.75 Å². The van der Waals surface area contributed by atoms with Crippen LogP contribution in [0.25, 0.3) is 11.1 Å². The predicted molar refractivity (Wildman–Crippen MR) is 100 cm³/mol. The van der Waals surface area contributed by atoms with Crippen LogP contribution in [0, 0.1) is 0 Å². The van der Waals surface area contributed by atoms with Crippen molar-refractivity contribution in [2.24, 2.45) is 0 Å². The van der Waals surface area contributed by atoms with E-state index >= 15 is 0 Å². The molecule has 0 fully saturated rings. The second kappa shape index (κ2) is 10.3. The molecule has 0 saturated heterocycles. The Balaban J connectivity index is 0.00000225. The Hall–Kier alpha value is -0.874. The molecule has 0 saturated carbocycles. The van der Waals surface area contributed by atoms with Gasteiger partial charge in [-0.05, 0) is 34.3 Å². The van der Waals surface area contributed by atoms with Crippen LogP contribution < -0.4 is 56.5 Å². The standard InChI is InChI=1S/C22H19ClO.K/c23-16-15-21(17-7-3-1-4-8-17)22(18-9-5-2-6-10-18)19-11-13-20(24)14-12-19;/h1-14,24H,15-16H2;/q;+1/p-1/b22-21-;. The Labute approximate surface area is 196 Å². The molecule has 3 aromatic carbocycles. The number of alkyl halides is 1. The maximum atomic E-state index is 11.5. The summed E-state index contributed by atoms with van der Waals surface area (Å²) >= 11 is 6.11. The van der Waals surface area contributed by atoms with Crippen LogP contribution in [0.1, 0.15) is 23.1 Å². The number of allylic oxidation sites excluding steroid dienone is 1. The van der Waals surface area contributed by atoms with E-state index in [4.69, 9.17) is 11.6 Å². The quantitative estimate of drug-likeness (QED) is 0.383. The van der Waals surface area contributed by atoms with Gasteiger partial charge in [-0.25, -0.2) is 0 Å². The van der Waals surface area contributed by atoms with Gasteiger partial charge in [-0.2, -0.15) is 0 Å². The molecule has 0 amide bonds. The summed E-state index contributed by atoms with van der Waals surface area (Å²) < 4.78 is 0. The summed E-state index contributed by atoms with van der Waals surface area (Å²) in [5.41, 5.74) is 5.63. The second-order valence-electron chi connectivity index (χ2n) is 5.55. The van der Waals surface area contributed by atoms with Crippen LogP contribution >= 0.6 is 11.6 Å². The molecule has 0 radical (unpaired) electrons. The van der Waals surface area contributed by atoms with E-state index in [-0.39, 0.29) is 57.1 Å². The molecule has 0 atom stereocenters. The van der Waals surface area contributed by atoms with Crippen molar-refractivity contribution in [2.45, 2.75) is 6.42 Å². The molecule has 3 heteroatoms. The van der Waals surface area contributed by atoms with E-state index in [0.717, 1.165) is 28.7 Å². The maximum absolute atomic E-state index is 11.5. The first kappa shape index (κ1) is 20.4. The summed E-state index contributed by atoms with van der Waals surface area (Å²) in [6.45, 7) is 0. The first-order chi connectivity index (χ1) is 11.8. The minimum Gasteiger partial charge on any atom is -0.872 e. The van der Waals surface area contributed by atoms with Crippen LogP contribution in [0.2, 0.25) is 0 Å². The molecule has 0 aliphatic carbocycles. The van der Waals surface area contributed by atoms with E-state index in [1.807, 2.05) is 48.5 Å². The fourth-order valence-electron chi connectivity index (χ4n) is 2.89. The minimum atomic E-state index is 0. The minimum absolute atomic E-state index is 0. The molecule has 0 N–H and O–H groups in total. The van der Waals surface area contributed by atoms with Gasteiger partial charge in [0, 0.05) is 5.88 Å². The average molecular weight is 373 g/mol. The number of rotatable bonds is 5. The largest absolute Gasteiger partial charge is 1.00 e. The number of hydrogen-bond donors (Lipinski definition) is 0. The maximum Gasteiger partial charge on any atom is 1.00 e. The van der Waals surface area contributed by atoms with Crippen molar-refractivity contribution in [1.29, 1.82) is 0 Å². The van der Waals surface area contributed by atoms with E-state index < -0.39 is 0 Å². The molecule has 25 heavy (non-hydrogen) atoms. The van der Waals surface area contributed by atoms with Gasteiger partial charge in [0.05, 0.1) is 0 Å². The van der Waals surface area contributed by atoms with Gasteiger partial charge >= 0.3 is 51.4 Å². The van der Waals surface area contributed by atoms with Crippen molar-refractivity contribution in [3.05, 3.63) is 102 Å². The van der Waals surface area contributed by atoms with Crippen LogP contribution in [-0.2, 0) is 0 Å². The zero-order valence-electron chi connectivity index (χ0n) is 14.3. The molecule has 0 aliphatic rings. The Kier molecular flexibility index (Phi) is 8.44. The van der Waals surface area contributed by atoms with Gasteiger partial charge < -0.3 is 5.11 Å². The van der Waals surface area contributed by atoms with E-state index in [1.54, 1.807) is 12.1 Å². The molecule has 120 valence electrons. The van der Waals surface area contributed by atoms with Crippen molar-refractivity contribution in [3.63, 3.8) is 0 Å². The average Bonchev–Trinajstić information content (AvgIpc) is 2.64. The SMILES string of the molecule is [K+].[O-]c1ccc(/C(=C(/CCCl)c2ccccc2)c2ccccc2)cc1. The normalized spacial score (nSPS) is 11.4. The summed E-state index contributed by atoms with van der Waals surface area (Å²) in [7, 11) is 0. The Bertz CT molecular complexity index is 812. The van der Waals surface area contributed by atoms with Crippen molar-refractivity contribution < 1.29 is 56.5 Å². The molecule has 0 heterocycles. The Morgan fingerprint density at radius 2 is 1.16 bits per heavy atom. The first-order valence-corrected chi connectivity index (χ1v) is 8.50. The summed E-state index contributed by atoms with van der Waals surface area (Å²) in [5.74, 6) is 0.560. The molecule has 3 rings (SSSR count). The monoisotopic (exact) mass is 372 g/mol. The molecular weight excluding hydrogens is 355 g/mol. The topological polar surface area (TPSA) is 23.1 Å². The molecule has 0 aromatic heterocycles. The molecule has 0 spiro atoms. The smallest absolute Gasteiger partial charge is 0.872 e. The summed E-state index contributed by atoms with van der Waals surface area (Å²) in [6, 6.07) is 27.5. The zero-order chi connectivity index (χ0) is 16.8. The van der Waals surface area contributed by atoms with Gasteiger partial charge in [-0.1, -0.05) is 84.9 Å². The van der Waals surface area contributed by atoms with Crippen molar-refractivity contribution in [1.82, 2.24) is 0 Å². The Morgan fingerprint density at radius 3 is 1.68 bits per heavy atom. The van der Waals surface area contributed by atoms with E-state index in [0.29, 0.717) is 5.88 Å². The molecule has 0 unspecified atom stereocenters. The van der Waals surface area contributed by atoms with Gasteiger partial charge in [0.2, 0.25) is 0 Å². The fourth-order valence-corrected chi connectivity index (χ4v) is 3.08. The molecule has 3 aromatic rings. The Morgan fingerprint density at radius 1 is 0.680 bits per heavy atom. The molecule has 0 bridgehead atoms. The third-order valence-corrected chi connectivity index (χ3v) is 4.16. The van der Waals surface area contributed by atoms with Crippen LogP contribution in [0.15, 0.2) is 84.9 Å². The van der Waals surface area contributed by atoms with E-state index in [2.05, 4.69) is 24.3 Å². The zero-order valence-corrected chi connectivity index (χ0v) is 18.2. The van der Waals surface area contributed by atoms with Crippen molar-refractivity contribution in [3.8, 4) is 5.75 Å². The van der Waals surface area contributed by atoms with Gasteiger partial charge in [0.1, 0.15) is 0 Å². The predicted octanol–water partition coefficient (Wildman–Crippen LogP) is 2.35. The number of halogens is 1. The van der Waals surface area contributed by atoms with Crippen LogP contribution in [0.4, 0.5) is 0 Å². The van der Waals surface area contributed by atoms with Gasteiger partial charge in [-0.3, -0.25) is 0 Å². The molecular formula is C22H18ClKO. The van der Waals surface area contributed by atoms with Crippen molar-refractivity contribution in [2.75, 3.05) is 5.88 Å². The van der Waals surface area contributed by atoms with Gasteiger partial charge in [-0.15, -0.1) is 17.4 Å². The molecule has 0 aliphatic heterocycles. The van der Waals surface area contributed by atoms with Gasteiger partial charge in [0.25, 0.3) is 0 Å². The second-order valence-corrected chi connectivity index (χ2v) is 5.93. The van der Waals surface area contributed by atoms with Gasteiger partial charge in [0.15, 0.2) is 0 Å². The number of benzene rings is 3. The number of hydrogen-bond acceptors (Lipinski definition) is 1. The molecule has 1 nitrogen and oxygen atoms in total. The summed E-state index contributed by atoms with van der Waals surface area (Å²) in [5, 5.41) is 11.5. The first-order valence-electron chi connectivity index (χ1n) is 7.97. The summed E-state index contributed by atoms with van der Waals surface area (Å²) in [4.78, 5) is 0. The van der Waals surface area contributed by atoms with Crippen LogP contribution in [-0.4, -0.2) is 5.88 Å². The van der Waals surface area contributed by atoms with E-state index in [1.165, 1.54) is 5.57 Å². The van der Waals surface area contributed by atoms with Crippen molar-refractivity contribution >= 4 is 22.7 Å². The third kappa shape index (κ3) is 5.30. The fraction of sp³-hybridized carbons (Fsp3) is 0.0909. The van der Waals surface area contributed by atoms with Crippen LogP contribution in [0.3, 0.4) is 0 Å².